The van der Waals surface area contributed by atoms with Gasteiger partial charge in [-0.3, -0.25) is 9.20 Å². The topological polar surface area (TPSA) is 85.8 Å². The molecule has 3 rings (SSSR count). The van der Waals surface area contributed by atoms with Crippen molar-refractivity contribution in [2.24, 2.45) is 0 Å². The van der Waals surface area contributed by atoms with Crippen LogP contribution in [-0.4, -0.2) is 45.1 Å². The van der Waals surface area contributed by atoms with E-state index in [0.717, 1.165) is 54.8 Å². The maximum absolute atomic E-state index is 11.6. The Morgan fingerprint density at radius 1 is 1.19 bits per heavy atom. The van der Waals surface area contributed by atoms with Crippen LogP contribution in [0.5, 0.6) is 5.75 Å². The molecule has 8 nitrogen and oxygen atoms in total. The second-order valence-electron chi connectivity index (χ2n) is 7.63. The van der Waals surface area contributed by atoms with Gasteiger partial charge in [0.15, 0.2) is 5.82 Å². The Morgan fingerprint density at radius 2 is 2.06 bits per heavy atom. The summed E-state index contributed by atoms with van der Waals surface area (Å²) < 4.78 is 7.77. The molecule has 0 saturated carbocycles. The predicted octanol–water partition coefficient (Wildman–Crippen LogP) is 4.62. The molecule has 0 aliphatic carbocycles. The highest BCUT2D eigenvalue weighted by Crippen LogP contribution is 2.25. The van der Waals surface area contributed by atoms with E-state index in [2.05, 4.69) is 20.4 Å². The lowest BCUT2D eigenvalue weighted by Gasteiger charge is -2.11. The molecule has 164 valence electrons. The average Bonchev–Trinajstić information content (AvgIpc) is 3.15. The van der Waals surface area contributed by atoms with Gasteiger partial charge in [-0.25, -0.2) is 11.6 Å². The predicted molar refractivity (Wildman–Crippen MR) is 121 cm³/mol. The number of nitrogens with one attached hydrogen (secondary N) is 1. The minimum Gasteiger partial charge on any atom is -0.493 e. The molecule has 1 N–H and O–H groups in total. The van der Waals surface area contributed by atoms with E-state index in [1.54, 1.807) is 0 Å². The smallest absolute Gasteiger partial charge is 0.217 e. The van der Waals surface area contributed by atoms with Crippen molar-refractivity contribution in [3.8, 4) is 5.75 Å². The van der Waals surface area contributed by atoms with Crippen molar-refractivity contribution in [2.75, 3.05) is 25.0 Å². The first-order chi connectivity index (χ1) is 15.1. The largest absolute Gasteiger partial charge is 0.493 e. The first-order valence-corrected chi connectivity index (χ1v) is 11.0. The van der Waals surface area contributed by atoms with E-state index in [-0.39, 0.29) is 0 Å². The van der Waals surface area contributed by atoms with Gasteiger partial charge in [0.2, 0.25) is 12.2 Å². The van der Waals surface area contributed by atoms with E-state index >= 15 is 0 Å². The number of carbonyl (C=O) groups excluding carboxylic acids is 1. The summed E-state index contributed by atoms with van der Waals surface area (Å²) in [6, 6.07) is 5.79. The molecule has 3 aromatic rings. The maximum Gasteiger partial charge on any atom is 0.217 e. The Bertz CT molecular complexity index is 1070. The minimum absolute atomic E-state index is 0.361. The van der Waals surface area contributed by atoms with Gasteiger partial charge in [-0.15, -0.1) is 10.2 Å². The van der Waals surface area contributed by atoms with Crippen LogP contribution in [0.15, 0.2) is 18.2 Å². The molecule has 0 fully saturated rings. The molecule has 2 heterocycles. The number of ether oxygens (including phenoxy) is 1. The fourth-order valence-electron chi connectivity index (χ4n) is 3.53. The fraction of sp³-hybridized carbons (Fsp3) is 0.522. The number of anilines is 1. The molecular formula is C23H30N6O2. The number of nitrogens with zero attached hydrogens (tertiary/aromatic N) is 5. The van der Waals surface area contributed by atoms with Crippen molar-refractivity contribution in [3.63, 3.8) is 0 Å². The number of Topliss-reactive ketones (excluding diaryl/α,β-unsaturated/α-hetero) is 1. The Morgan fingerprint density at radius 3 is 2.87 bits per heavy atom. The van der Waals surface area contributed by atoms with Crippen LogP contribution in [0.3, 0.4) is 0 Å². The van der Waals surface area contributed by atoms with Gasteiger partial charge in [0, 0.05) is 25.5 Å². The van der Waals surface area contributed by atoms with Crippen molar-refractivity contribution in [2.45, 2.75) is 58.8 Å². The van der Waals surface area contributed by atoms with Gasteiger partial charge in [-0.1, -0.05) is 13.3 Å². The number of aromatic nitrogens is 4. The lowest BCUT2D eigenvalue weighted by Crippen LogP contribution is -2.07. The van der Waals surface area contributed by atoms with Crippen molar-refractivity contribution in [3.05, 3.63) is 35.4 Å². The summed E-state index contributed by atoms with van der Waals surface area (Å²) >= 11 is 0. The van der Waals surface area contributed by atoms with E-state index in [1.165, 1.54) is 0 Å². The third-order valence-corrected chi connectivity index (χ3v) is 5.09. The van der Waals surface area contributed by atoms with Gasteiger partial charge in [0.25, 0.3) is 0 Å². The Balaban J connectivity index is 1.68. The first kappa shape index (κ1) is 22.5. The van der Waals surface area contributed by atoms with Crippen molar-refractivity contribution in [1.29, 1.82) is 0 Å². The number of hydrogen-bond donors (Lipinski definition) is 1. The summed E-state index contributed by atoms with van der Waals surface area (Å²) in [6.07, 6.45) is 5.89. The van der Waals surface area contributed by atoms with Crippen molar-refractivity contribution >= 4 is 28.3 Å². The van der Waals surface area contributed by atoms with Crippen LogP contribution in [0, 0.1) is 13.5 Å². The van der Waals surface area contributed by atoms with Gasteiger partial charge in [0.1, 0.15) is 17.4 Å². The molecule has 0 saturated heterocycles. The maximum atomic E-state index is 11.6. The molecule has 0 amide bonds. The SMILES string of the molecule is [C-]#[N+]CCCOc1ccc2c(c1)nc(NCCCCCC(=O)CCC)c1nnc(C)n12. The Hall–Kier alpha value is -3.21. The van der Waals surface area contributed by atoms with Crippen LogP contribution < -0.4 is 10.1 Å². The standard InChI is InChI=1S/C23H30N6O2/c1-4-9-18(30)10-6-5-7-14-25-22-23-28-27-17(2)29(23)21-12-11-19(16-20(21)26-22)31-15-8-13-24-3/h11-12,16H,4-10,13-15H2,1-2H3,(H,25,26). The number of hydrogen-bond acceptors (Lipinski definition) is 6. The van der Waals surface area contributed by atoms with Crippen LogP contribution in [0.1, 0.15) is 57.7 Å². The number of ketones is 1. The Labute approximate surface area is 182 Å². The second kappa shape index (κ2) is 11.3. The first-order valence-electron chi connectivity index (χ1n) is 11.0. The molecular weight excluding hydrogens is 392 g/mol. The fourth-order valence-corrected chi connectivity index (χ4v) is 3.53. The number of carbonyl (C=O) groups is 1. The van der Waals surface area contributed by atoms with Gasteiger partial charge in [-0.2, -0.15) is 0 Å². The second-order valence-corrected chi connectivity index (χ2v) is 7.63. The number of benzene rings is 1. The molecule has 0 atom stereocenters. The summed E-state index contributed by atoms with van der Waals surface area (Å²) in [6.45, 7) is 12.5. The third-order valence-electron chi connectivity index (χ3n) is 5.09. The van der Waals surface area contributed by atoms with Crippen LogP contribution in [0.2, 0.25) is 0 Å². The molecule has 8 heteroatoms. The van der Waals surface area contributed by atoms with E-state index < -0.39 is 0 Å². The zero-order valence-corrected chi connectivity index (χ0v) is 18.4. The molecule has 0 unspecified atom stereocenters. The van der Waals surface area contributed by atoms with Gasteiger partial charge < -0.3 is 14.9 Å². The monoisotopic (exact) mass is 422 g/mol. The molecule has 0 bridgehead atoms. The number of unbranched alkanes of at least 4 members (excludes halogenated alkanes) is 2. The quantitative estimate of drug-likeness (QED) is 0.320. The van der Waals surface area contributed by atoms with E-state index in [4.69, 9.17) is 16.3 Å². The minimum atomic E-state index is 0.361. The van der Waals surface area contributed by atoms with Crippen molar-refractivity contribution in [1.82, 2.24) is 19.6 Å². The van der Waals surface area contributed by atoms with Gasteiger partial charge in [-0.05, 0) is 38.3 Å². The van der Waals surface area contributed by atoms with Crippen LogP contribution in [-0.2, 0) is 4.79 Å². The normalized spacial score (nSPS) is 11.0. The highest BCUT2D eigenvalue weighted by Gasteiger charge is 2.13. The average molecular weight is 423 g/mol. The molecule has 1 aromatic carbocycles. The zero-order valence-electron chi connectivity index (χ0n) is 18.4. The van der Waals surface area contributed by atoms with Gasteiger partial charge in [0.05, 0.1) is 24.1 Å². The van der Waals surface area contributed by atoms with E-state index in [0.29, 0.717) is 49.7 Å². The summed E-state index contributed by atoms with van der Waals surface area (Å²) in [7, 11) is 0. The lowest BCUT2D eigenvalue weighted by molar-refractivity contribution is -0.119. The summed E-state index contributed by atoms with van der Waals surface area (Å²) in [4.78, 5) is 19.8. The van der Waals surface area contributed by atoms with E-state index in [9.17, 15) is 4.79 Å². The van der Waals surface area contributed by atoms with Crippen molar-refractivity contribution < 1.29 is 9.53 Å². The summed E-state index contributed by atoms with van der Waals surface area (Å²) in [5.74, 6) is 2.59. The number of aryl methyl sites for hydroxylation is 1. The Kier molecular flexibility index (Phi) is 8.16. The summed E-state index contributed by atoms with van der Waals surface area (Å²) in [5, 5.41) is 11.9. The van der Waals surface area contributed by atoms with Crippen LogP contribution in [0.25, 0.3) is 21.5 Å². The number of rotatable bonds is 13. The zero-order chi connectivity index (χ0) is 22.1. The highest BCUT2D eigenvalue weighted by atomic mass is 16.5. The molecule has 0 radical (unpaired) electrons. The van der Waals surface area contributed by atoms with Crippen LogP contribution in [0.4, 0.5) is 5.82 Å². The third kappa shape index (κ3) is 5.91. The summed E-state index contributed by atoms with van der Waals surface area (Å²) in [5.41, 5.74) is 2.42. The van der Waals surface area contributed by atoms with Gasteiger partial charge >= 0.3 is 0 Å². The lowest BCUT2D eigenvalue weighted by atomic mass is 10.1. The molecule has 0 aliphatic heterocycles. The number of fused-ring (bicyclic) bond motifs is 3. The van der Waals surface area contributed by atoms with Crippen LogP contribution >= 0.6 is 0 Å². The molecule has 31 heavy (non-hydrogen) atoms. The van der Waals surface area contributed by atoms with E-state index in [1.807, 2.05) is 36.4 Å². The highest BCUT2D eigenvalue weighted by molar-refractivity contribution is 5.84. The molecule has 0 spiro atoms. The molecule has 2 aromatic heterocycles. The molecule has 0 aliphatic rings.